The van der Waals surface area contributed by atoms with Crippen LogP contribution in [-0.4, -0.2) is 0 Å². The standard InChI is InChI=1S/C70H53N/c1-44-39-47(57-40-46-23-9-10-24-50(46)51-25-11-12-26-52(51)57)41-58(45-21-7-6-8-22-45)67(44)71(48-35-37-55-53-27-13-15-29-59(53)68(2,3)65(55)42-48)49-36-38-56-54-28-14-16-30-60(54)70(66(56)43-49)63-33-19-17-31-61(63)69(4,5)62-32-18-20-34-64(62)70/h6-43H,1-5H3. The van der Waals surface area contributed by atoms with E-state index in [9.17, 15) is 0 Å². The Balaban J connectivity index is 1.08. The van der Waals surface area contributed by atoms with Gasteiger partial charge in [0.05, 0.1) is 11.1 Å². The molecule has 0 unspecified atom stereocenters. The van der Waals surface area contributed by atoms with E-state index in [0.717, 1.165) is 11.4 Å². The van der Waals surface area contributed by atoms with Gasteiger partial charge in [-0.15, -0.1) is 0 Å². The van der Waals surface area contributed by atoms with Crippen LogP contribution in [0.1, 0.15) is 77.8 Å². The maximum absolute atomic E-state index is 2.60. The van der Waals surface area contributed by atoms with Crippen LogP contribution in [0.3, 0.4) is 0 Å². The topological polar surface area (TPSA) is 3.24 Å². The quantitative estimate of drug-likeness (QED) is 0.156. The van der Waals surface area contributed by atoms with Crippen LogP contribution in [0.15, 0.2) is 231 Å². The van der Waals surface area contributed by atoms with Gasteiger partial charge in [0.2, 0.25) is 0 Å². The van der Waals surface area contributed by atoms with E-state index in [2.05, 4.69) is 270 Å². The van der Waals surface area contributed by atoms with Crippen LogP contribution in [0.25, 0.3) is 66.1 Å². The molecule has 0 saturated carbocycles. The van der Waals surface area contributed by atoms with E-state index in [1.165, 1.54) is 122 Å². The SMILES string of the molecule is Cc1cc(-c2cc3ccccc3c3ccccc23)cc(-c2ccccc2)c1N(c1ccc2c(c1)C(C)(C)c1ccccc1-2)c1ccc2c(c1)C1(c3ccccc3-2)c2ccccc2C(C)(C)c2ccccc21. The number of benzene rings is 11. The zero-order valence-electron chi connectivity index (χ0n) is 40.9. The van der Waals surface area contributed by atoms with Gasteiger partial charge in [0.15, 0.2) is 0 Å². The molecule has 0 radical (unpaired) electrons. The van der Waals surface area contributed by atoms with Crippen molar-refractivity contribution in [3.63, 3.8) is 0 Å². The van der Waals surface area contributed by atoms with Crippen LogP contribution < -0.4 is 4.90 Å². The van der Waals surface area contributed by atoms with Crippen molar-refractivity contribution < 1.29 is 0 Å². The van der Waals surface area contributed by atoms with Crippen molar-refractivity contribution in [2.45, 2.75) is 50.9 Å². The minimum Gasteiger partial charge on any atom is -0.310 e. The minimum atomic E-state index is -0.532. The van der Waals surface area contributed by atoms with Crippen molar-refractivity contribution in [2.24, 2.45) is 0 Å². The summed E-state index contributed by atoms with van der Waals surface area (Å²) in [6, 6.07) is 87.5. The Hall–Kier alpha value is -8.26. The van der Waals surface area contributed by atoms with Crippen LogP contribution in [-0.2, 0) is 16.2 Å². The molecular weight excluding hydrogens is 855 g/mol. The predicted octanol–water partition coefficient (Wildman–Crippen LogP) is 18.4. The number of rotatable bonds is 5. The first kappa shape index (κ1) is 41.7. The van der Waals surface area contributed by atoms with Gasteiger partial charge in [-0.05, 0) is 160 Å². The van der Waals surface area contributed by atoms with Gasteiger partial charge in [-0.1, -0.05) is 216 Å². The third-order valence-electron chi connectivity index (χ3n) is 16.8. The molecule has 0 fully saturated rings. The fourth-order valence-electron chi connectivity index (χ4n) is 13.6. The first-order valence-electron chi connectivity index (χ1n) is 25.3. The molecule has 11 aromatic carbocycles. The van der Waals surface area contributed by atoms with Gasteiger partial charge in [0.25, 0.3) is 0 Å². The lowest BCUT2D eigenvalue weighted by molar-refractivity contribution is 0.563. The molecule has 0 saturated heterocycles. The summed E-state index contributed by atoms with van der Waals surface area (Å²) in [5, 5.41) is 5.05. The lowest BCUT2D eigenvalue weighted by atomic mass is 9.55. The minimum absolute atomic E-state index is 0.183. The second-order valence-corrected chi connectivity index (χ2v) is 21.2. The summed E-state index contributed by atoms with van der Waals surface area (Å²) < 4.78 is 0. The second kappa shape index (κ2) is 15.1. The molecule has 71 heavy (non-hydrogen) atoms. The number of nitrogens with zero attached hydrogens (tertiary/aromatic N) is 1. The number of aryl methyl sites for hydroxylation is 1. The number of fused-ring (bicyclic) bond motifs is 15. The fraction of sp³-hybridized carbons (Fsp3) is 0.114. The van der Waals surface area contributed by atoms with Gasteiger partial charge >= 0.3 is 0 Å². The summed E-state index contributed by atoms with van der Waals surface area (Å²) >= 11 is 0. The third kappa shape index (κ3) is 5.75. The monoisotopic (exact) mass is 907 g/mol. The van der Waals surface area contributed by atoms with Crippen LogP contribution in [0.5, 0.6) is 0 Å². The highest BCUT2D eigenvalue weighted by Gasteiger charge is 2.53. The summed E-state index contributed by atoms with van der Waals surface area (Å²) in [5.41, 5.74) is 24.7. The smallest absolute Gasteiger partial charge is 0.0720 e. The molecule has 3 aliphatic carbocycles. The Labute approximate surface area is 417 Å². The Morgan fingerprint density at radius 2 is 0.775 bits per heavy atom. The maximum Gasteiger partial charge on any atom is 0.0720 e. The van der Waals surface area contributed by atoms with E-state index in [1.807, 2.05) is 0 Å². The zero-order valence-corrected chi connectivity index (χ0v) is 40.9. The second-order valence-electron chi connectivity index (χ2n) is 21.2. The molecule has 14 rings (SSSR count). The highest BCUT2D eigenvalue weighted by atomic mass is 15.1. The van der Waals surface area contributed by atoms with E-state index in [0.29, 0.717) is 0 Å². The van der Waals surface area contributed by atoms with Gasteiger partial charge in [-0.2, -0.15) is 0 Å². The molecule has 338 valence electrons. The van der Waals surface area contributed by atoms with E-state index < -0.39 is 5.41 Å². The van der Waals surface area contributed by atoms with Crippen molar-refractivity contribution in [3.8, 4) is 44.5 Å². The van der Waals surface area contributed by atoms with Gasteiger partial charge in [-0.25, -0.2) is 0 Å². The summed E-state index contributed by atoms with van der Waals surface area (Å²) in [6.45, 7) is 11.9. The highest BCUT2D eigenvalue weighted by molar-refractivity contribution is 6.14. The molecule has 0 aliphatic heterocycles. The lowest BCUT2D eigenvalue weighted by Crippen LogP contribution is -2.40. The van der Waals surface area contributed by atoms with E-state index >= 15 is 0 Å². The largest absolute Gasteiger partial charge is 0.310 e. The molecule has 1 spiro atoms. The first-order valence-corrected chi connectivity index (χ1v) is 25.3. The molecule has 0 N–H and O–H groups in total. The maximum atomic E-state index is 2.60. The van der Waals surface area contributed by atoms with Crippen molar-refractivity contribution in [3.05, 3.63) is 281 Å². The predicted molar refractivity (Wildman–Crippen MR) is 299 cm³/mol. The molecule has 3 aliphatic rings. The lowest BCUT2D eigenvalue weighted by Gasteiger charge is -2.46. The third-order valence-corrected chi connectivity index (χ3v) is 16.8. The average Bonchev–Trinajstić information content (AvgIpc) is 3.84. The van der Waals surface area contributed by atoms with Crippen molar-refractivity contribution in [2.75, 3.05) is 4.90 Å². The van der Waals surface area contributed by atoms with Gasteiger partial charge in [0, 0.05) is 27.8 Å². The average molecular weight is 908 g/mol. The van der Waals surface area contributed by atoms with E-state index in [1.54, 1.807) is 0 Å². The van der Waals surface area contributed by atoms with Crippen LogP contribution in [0.2, 0.25) is 0 Å². The normalized spacial score (nSPS) is 14.9. The molecule has 1 nitrogen and oxygen atoms in total. The zero-order chi connectivity index (χ0) is 47.8. The highest BCUT2D eigenvalue weighted by Crippen LogP contribution is 2.63. The van der Waals surface area contributed by atoms with Gasteiger partial charge < -0.3 is 4.90 Å². The molecular formula is C70H53N. The van der Waals surface area contributed by atoms with Gasteiger partial charge in [0.1, 0.15) is 0 Å². The van der Waals surface area contributed by atoms with E-state index in [-0.39, 0.29) is 10.8 Å². The molecule has 0 aromatic heterocycles. The van der Waals surface area contributed by atoms with Crippen LogP contribution >= 0.6 is 0 Å². The van der Waals surface area contributed by atoms with Crippen molar-refractivity contribution in [1.82, 2.24) is 0 Å². The Kier molecular flexibility index (Phi) is 8.88. The molecule has 0 atom stereocenters. The number of anilines is 3. The Bertz CT molecular complexity index is 3970. The number of hydrogen-bond donors (Lipinski definition) is 0. The van der Waals surface area contributed by atoms with Crippen molar-refractivity contribution in [1.29, 1.82) is 0 Å². The van der Waals surface area contributed by atoms with Crippen LogP contribution in [0.4, 0.5) is 17.1 Å². The molecule has 0 amide bonds. The number of hydrogen-bond acceptors (Lipinski definition) is 1. The van der Waals surface area contributed by atoms with Crippen molar-refractivity contribution >= 4 is 38.6 Å². The molecule has 1 heteroatoms. The summed E-state index contributed by atoms with van der Waals surface area (Å²) in [7, 11) is 0. The molecule has 11 aromatic rings. The van der Waals surface area contributed by atoms with Crippen LogP contribution in [0, 0.1) is 6.92 Å². The van der Waals surface area contributed by atoms with E-state index in [4.69, 9.17) is 0 Å². The summed E-state index contributed by atoms with van der Waals surface area (Å²) in [6.07, 6.45) is 0. The fourth-order valence-corrected chi connectivity index (χ4v) is 13.6. The Morgan fingerprint density at radius 1 is 0.296 bits per heavy atom. The molecule has 0 bridgehead atoms. The van der Waals surface area contributed by atoms with Gasteiger partial charge in [-0.3, -0.25) is 0 Å². The summed E-state index contributed by atoms with van der Waals surface area (Å²) in [4.78, 5) is 2.60. The molecule has 0 heterocycles. The Morgan fingerprint density at radius 3 is 1.45 bits per heavy atom. The summed E-state index contributed by atoms with van der Waals surface area (Å²) in [5.74, 6) is 0. The first-order chi connectivity index (χ1) is 34.7.